The van der Waals surface area contributed by atoms with E-state index in [-0.39, 0.29) is 11.9 Å². The highest BCUT2D eigenvalue weighted by Gasteiger charge is 2.28. The Balaban J connectivity index is 2.03. The summed E-state index contributed by atoms with van der Waals surface area (Å²) in [6, 6.07) is -0.0852. The van der Waals surface area contributed by atoms with Crippen LogP contribution in [0.3, 0.4) is 0 Å². The van der Waals surface area contributed by atoms with Crippen LogP contribution >= 0.6 is 11.3 Å². The second kappa shape index (κ2) is 5.57. The number of aryl methyl sites for hydroxylation is 1. The van der Waals surface area contributed by atoms with Gasteiger partial charge in [-0.1, -0.05) is 0 Å². The van der Waals surface area contributed by atoms with E-state index in [0.29, 0.717) is 6.54 Å². The molecule has 6 heteroatoms. The van der Waals surface area contributed by atoms with E-state index >= 15 is 0 Å². The van der Waals surface area contributed by atoms with E-state index in [1.165, 1.54) is 0 Å². The fraction of sp³-hybridized carbons (Fsp3) is 0.636. The lowest BCUT2D eigenvalue weighted by atomic mass is 10.2. The maximum atomic E-state index is 11.8. The maximum Gasteiger partial charge on any atom is 0.238 e. The summed E-state index contributed by atoms with van der Waals surface area (Å²) in [6.07, 6.45) is 0. The number of carbonyl (C=O) groups is 1. The number of piperazine rings is 1. The highest BCUT2D eigenvalue weighted by atomic mass is 32.1. The molecule has 1 aromatic rings. The number of rotatable bonds is 3. The zero-order valence-corrected chi connectivity index (χ0v) is 11.0. The number of nitrogens with zero attached hydrogens (tertiary/aromatic N) is 2. The quantitative estimate of drug-likeness (QED) is 0.795. The van der Waals surface area contributed by atoms with Crippen LogP contribution in [0.25, 0.3) is 0 Å². The second-order valence-corrected chi connectivity index (χ2v) is 5.13. The highest BCUT2D eigenvalue weighted by Crippen LogP contribution is 2.14. The molecule has 1 aliphatic heterocycles. The molecule has 17 heavy (non-hydrogen) atoms. The predicted octanol–water partition coefficient (Wildman–Crippen LogP) is -0.0287. The standard InChI is InChI=1S/C11H18N4OS/c1-8-7-17-10(14-8)6-15-4-3-13-5-9(15)11(16)12-2/h7,9,13H,3-6H2,1-2H3,(H,12,16). The smallest absolute Gasteiger partial charge is 0.238 e. The Labute approximate surface area is 105 Å². The molecule has 0 aromatic carbocycles. The van der Waals surface area contributed by atoms with Crippen molar-refractivity contribution >= 4 is 17.2 Å². The van der Waals surface area contributed by atoms with Crippen molar-refractivity contribution in [2.75, 3.05) is 26.7 Å². The van der Waals surface area contributed by atoms with Crippen molar-refractivity contribution < 1.29 is 4.79 Å². The first kappa shape index (κ1) is 12.5. The van der Waals surface area contributed by atoms with Crippen LogP contribution in [0.5, 0.6) is 0 Å². The molecule has 0 aliphatic carbocycles. The van der Waals surface area contributed by atoms with Crippen LogP contribution in [0.2, 0.25) is 0 Å². The SMILES string of the molecule is CNC(=O)C1CNCCN1Cc1nc(C)cs1. The molecule has 0 radical (unpaired) electrons. The molecule has 2 heterocycles. The molecule has 94 valence electrons. The molecule has 2 N–H and O–H groups in total. The molecule has 1 saturated heterocycles. The van der Waals surface area contributed by atoms with Gasteiger partial charge in [-0.25, -0.2) is 4.98 Å². The summed E-state index contributed by atoms with van der Waals surface area (Å²) in [4.78, 5) is 18.4. The van der Waals surface area contributed by atoms with Gasteiger partial charge in [0.05, 0.1) is 6.54 Å². The fourth-order valence-electron chi connectivity index (χ4n) is 2.01. The lowest BCUT2D eigenvalue weighted by Crippen LogP contribution is -2.56. The molecule has 0 spiro atoms. The number of carbonyl (C=O) groups excluding carboxylic acids is 1. The third kappa shape index (κ3) is 3.02. The molecule has 5 nitrogen and oxygen atoms in total. The Bertz CT molecular complexity index is 393. The summed E-state index contributed by atoms with van der Waals surface area (Å²) in [5.41, 5.74) is 1.05. The minimum Gasteiger partial charge on any atom is -0.358 e. The third-order valence-electron chi connectivity index (χ3n) is 2.91. The van der Waals surface area contributed by atoms with Gasteiger partial charge in [0.1, 0.15) is 11.0 Å². The molecule has 0 bridgehead atoms. The maximum absolute atomic E-state index is 11.8. The summed E-state index contributed by atoms with van der Waals surface area (Å²) in [7, 11) is 1.68. The molecular formula is C11H18N4OS. The summed E-state index contributed by atoms with van der Waals surface area (Å²) < 4.78 is 0. The third-order valence-corrected chi connectivity index (χ3v) is 3.86. The second-order valence-electron chi connectivity index (χ2n) is 4.19. The first-order valence-electron chi connectivity index (χ1n) is 5.78. The fourth-order valence-corrected chi connectivity index (χ4v) is 2.81. The van der Waals surface area contributed by atoms with Gasteiger partial charge in [0.15, 0.2) is 0 Å². The van der Waals surface area contributed by atoms with E-state index in [0.717, 1.165) is 30.3 Å². The van der Waals surface area contributed by atoms with Crippen LogP contribution < -0.4 is 10.6 Å². The summed E-state index contributed by atoms with van der Waals surface area (Å²) in [6.45, 7) is 5.28. The van der Waals surface area contributed by atoms with Crippen LogP contribution in [0.4, 0.5) is 0 Å². The van der Waals surface area contributed by atoms with Gasteiger partial charge in [0.25, 0.3) is 0 Å². The Hall–Kier alpha value is -0.980. The minimum atomic E-state index is -0.0852. The number of amides is 1. The van der Waals surface area contributed by atoms with Crippen LogP contribution in [0.1, 0.15) is 10.7 Å². The molecule has 1 fully saturated rings. The summed E-state index contributed by atoms with van der Waals surface area (Å²) in [5, 5.41) is 9.10. The zero-order valence-electron chi connectivity index (χ0n) is 10.2. The van der Waals surface area contributed by atoms with E-state index in [2.05, 4.69) is 20.5 Å². The topological polar surface area (TPSA) is 57.3 Å². The number of hydrogen-bond donors (Lipinski definition) is 2. The lowest BCUT2D eigenvalue weighted by Gasteiger charge is -2.34. The number of aromatic nitrogens is 1. The Morgan fingerprint density at radius 1 is 1.76 bits per heavy atom. The van der Waals surface area contributed by atoms with E-state index in [1.54, 1.807) is 18.4 Å². The van der Waals surface area contributed by atoms with E-state index < -0.39 is 0 Å². The van der Waals surface area contributed by atoms with Crippen molar-refractivity contribution in [3.63, 3.8) is 0 Å². The average molecular weight is 254 g/mol. The van der Waals surface area contributed by atoms with Crippen molar-refractivity contribution in [3.05, 3.63) is 16.1 Å². The van der Waals surface area contributed by atoms with E-state index in [1.807, 2.05) is 12.3 Å². The van der Waals surface area contributed by atoms with Crippen molar-refractivity contribution in [1.29, 1.82) is 0 Å². The molecular weight excluding hydrogens is 236 g/mol. The van der Waals surface area contributed by atoms with Crippen molar-refractivity contribution in [2.45, 2.75) is 19.5 Å². The first-order valence-corrected chi connectivity index (χ1v) is 6.66. The number of thiazole rings is 1. The first-order chi connectivity index (χ1) is 8.20. The monoisotopic (exact) mass is 254 g/mol. The van der Waals surface area contributed by atoms with Crippen LogP contribution in [-0.4, -0.2) is 48.5 Å². The van der Waals surface area contributed by atoms with Gasteiger partial charge in [-0.2, -0.15) is 0 Å². The van der Waals surface area contributed by atoms with Crippen LogP contribution in [0.15, 0.2) is 5.38 Å². The van der Waals surface area contributed by atoms with E-state index in [9.17, 15) is 4.79 Å². The number of hydrogen-bond acceptors (Lipinski definition) is 5. The lowest BCUT2D eigenvalue weighted by molar-refractivity contribution is -0.126. The van der Waals surface area contributed by atoms with Gasteiger partial charge in [-0.05, 0) is 6.92 Å². The number of likely N-dealkylation sites (N-methyl/N-ethyl adjacent to an activating group) is 1. The molecule has 2 rings (SSSR count). The molecule has 1 atom stereocenters. The molecule has 1 amide bonds. The summed E-state index contributed by atoms with van der Waals surface area (Å²) >= 11 is 1.66. The molecule has 1 aromatic heterocycles. The molecule has 0 saturated carbocycles. The van der Waals surface area contributed by atoms with Crippen molar-refractivity contribution in [3.8, 4) is 0 Å². The van der Waals surface area contributed by atoms with Crippen molar-refractivity contribution in [1.82, 2.24) is 20.5 Å². The van der Waals surface area contributed by atoms with Crippen molar-refractivity contribution in [2.24, 2.45) is 0 Å². The largest absolute Gasteiger partial charge is 0.358 e. The zero-order chi connectivity index (χ0) is 12.3. The Morgan fingerprint density at radius 2 is 2.59 bits per heavy atom. The normalized spacial score (nSPS) is 21.4. The summed E-state index contributed by atoms with van der Waals surface area (Å²) in [5.74, 6) is 0.0745. The Kier molecular flexibility index (Phi) is 4.09. The van der Waals surface area contributed by atoms with Gasteiger partial charge in [-0.3, -0.25) is 9.69 Å². The molecule has 1 aliphatic rings. The van der Waals surface area contributed by atoms with Crippen LogP contribution in [-0.2, 0) is 11.3 Å². The van der Waals surface area contributed by atoms with Gasteiger partial charge in [-0.15, -0.1) is 11.3 Å². The number of nitrogens with one attached hydrogen (secondary N) is 2. The van der Waals surface area contributed by atoms with Gasteiger partial charge >= 0.3 is 0 Å². The van der Waals surface area contributed by atoms with Gasteiger partial charge < -0.3 is 10.6 Å². The van der Waals surface area contributed by atoms with Gasteiger partial charge in [0.2, 0.25) is 5.91 Å². The molecule has 1 unspecified atom stereocenters. The predicted molar refractivity (Wildman–Crippen MR) is 68.0 cm³/mol. The van der Waals surface area contributed by atoms with Gasteiger partial charge in [0, 0.05) is 37.8 Å². The van der Waals surface area contributed by atoms with Crippen LogP contribution in [0, 0.1) is 6.92 Å². The van der Waals surface area contributed by atoms with E-state index in [4.69, 9.17) is 0 Å². The Morgan fingerprint density at radius 3 is 3.24 bits per heavy atom. The average Bonchev–Trinajstić information content (AvgIpc) is 2.74. The highest BCUT2D eigenvalue weighted by molar-refractivity contribution is 7.09. The minimum absolute atomic E-state index is 0.0745.